The highest BCUT2D eigenvalue weighted by Gasteiger charge is 2.40. The number of aromatic nitrogens is 2. The number of amides is 1. The molecule has 7 nitrogen and oxygen atoms in total. The number of alkyl halides is 3. The van der Waals surface area contributed by atoms with E-state index < -0.39 is 29.3 Å². The molecule has 0 radical (unpaired) electrons. The molecule has 0 bridgehead atoms. The zero-order valence-corrected chi connectivity index (χ0v) is 23.0. The number of anilines is 1. The van der Waals surface area contributed by atoms with Crippen molar-refractivity contribution in [3.8, 4) is 11.1 Å². The SMILES string of the molecule is C=CC(=O)N1[C@H](C)CN(c2nc(=O)n3c4c(c(-c5ccc(F)cc5)c(C(F)(F)F)cc24)SCC3COC)C[C@@H]1C. The topological polar surface area (TPSA) is 67.7 Å². The molecule has 3 aromatic rings. The van der Waals surface area contributed by atoms with Gasteiger partial charge in [-0.3, -0.25) is 9.36 Å². The van der Waals surface area contributed by atoms with E-state index in [1.165, 1.54) is 41.6 Å². The van der Waals surface area contributed by atoms with Gasteiger partial charge in [-0.2, -0.15) is 18.2 Å². The number of carbonyl (C=O) groups is 1. The van der Waals surface area contributed by atoms with Crippen molar-refractivity contribution in [2.45, 2.75) is 43.0 Å². The second-order valence-electron chi connectivity index (χ2n) is 10.1. The van der Waals surface area contributed by atoms with Crippen LogP contribution < -0.4 is 10.6 Å². The van der Waals surface area contributed by atoms with E-state index in [-0.39, 0.29) is 64.9 Å². The number of hydrogen-bond donors (Lipinski definition) is 0. The minimum atomic E-state index is -4.74. The van der Waals surface area contributed by atoms with Crippen LogP contribution in [0.5, 0.6) is 0 Å². The Morgan fingerprint density at radius 2 is 1.85 bits per heavy atom. The summed E-state index contributed by atoms with van der Waals surface area (Å²) < 4.78 is 64.5. The lowest BCUT2D eigenvalue weighted by Crippen LogP contribution is -2.58. The molecule has 1 saturated heterocycles. The van der Waals surface area contributed by atoms with Gasteiger partial charge in [0.25, 0.3) is 0 Å². The minimum absolute atomic E-state index is 0.102. The van der Waals surface area contributed by atoms with Crippen molar-refractivity contribution in [2.24, 2.45) is 0 Å². The summed E-state index contributed by atoms with van der Waals surface area (Å²) in [4.78, 5) is 34.1. The molecule has 2 aliphatic heterocycles. The fourth-order valence-corrected chi connectivity index (χ4v) is 7.13. The van der Waals surface area contributed by atoms with Gasteiger partial charge in [0.05, 0.1) is 23.7 Å². The predicted octanol–water partition coefficient (Wildman–Crippen LogP) is 5.13. The van der Waals surface area contributed by atoms with Gasteiger partial charge < -0.3 is 14.5 Å². The Balaban J connectivity index is 1.81. The van der Waals surface area contributed by atoms with Crippen molar-refractivity contribution in [1.82, 2.24) is 14.5 Å². The van der Waals surface area contributed by atoms with E-state index in [4.69, 9.17) is 4.74 Å². The molecule has 2 aliphatic rings. The number of ether oxygens (including phenoxy) is 1. The van der Waals surface area contributed by atoms with Crippen LogP contribution in [0.25, 0.3) is 22.0 Å². The number of piperazine rings is 1. The van der Waals surface area contributed by atoms with Gasteiger partial charge in [-0.15, -0.1) is 11.8 Å². The Labute approximate surface area is 232 Å². The lowest BCUT2D eigenvalue weighted by atomic mass is 9.95. The van der Waals surface area contributed by atoms with Crippen LogP contribution in [0, 0.1) is 5.82 Å². The first kappa shape index (κ1) is 28.2. The molecule has 2 aromatic carbocycles. The van der Waals surface area contributed by atoms with Crippen LogP contribution in [0.1, 0.15) is 25.5 Å². The van der Waals surface area contributed by atoms with Crippen LogP contribution in [0.15, 0.2) is 52.7 Å². The molecule has 0 aliphatic carbocycles. The quantitative estimate of drug-likeness (QED) is 0.310. The van der Waals surface area contributed by atoms with Crippen LogP contribution in [-0.4, -0.2) is 65.0 Å². The highest BCUT2D eigenvalue weighted by atomic mass is 32.2. The van der Waals surface area contributed by atoms with Crippen LogP contribution in [-0.2, 0) is 15.7 Å². The van der Waals surface area contributed by atoms with E-state index in [0.29, 0.717) is 11.3 Å². The van der Waals surface area contributed by atoms with E-state index in [2.05, 4.69) is 11.6 Å². The number of nitrogens with zero attached hydrogens (tertiary/aromatic N) is 4. The smallest absolute Gasteiger partial charge is 0.383 e. The first-order valence-electron chi connectivity index (χ1n) is 12.7. The number of methoxy groups -OCH3 is 1. The molecule has 1 fully saturated rings. The van der Waals surface area contributed by atoms with E-state index >= 15 is 0 Å². The van der Waals surface area contributed by atoms with Crippen molar-refractivity contribution in [3.05, 3.63) is 64.9 Å². The number of thioether (sulfide) groups is 1. The molecule has 1 amide bonds. The third-order valence-electron chi connectivity index (χ3n) is 7.37. The molecule has 5 rings (SSSR count). The first-order chi connectivity index (χ1) is 19.0. The van der Waals surface area contributed by atoms with Gasteiger partial charge in [0, 0.05) is 53.9 Å². The number of rotatable bonds is 5. The molecular weight excluding hydrogens is 548 g/mol. The van der Waals surface area contributed by atoms with Gasteiger partial charge in [0.15, 0.2) is 0 Å². The summed E-state index contributed by atoms with van der Waals surface area (Å²) in [7, 11) is 1.49. The molecule has 3 atom stereocenters. The molecule has 0 saturated carbocycles. The maximum absolute atomic E-state index is 14.7. The van der Waals surface area contributed by atoms with Crippen molar-refractivity contribution in [1.29, 1.82) is 0 Å². The molecule has 40 heavy (non-hydrogen) atoms. The average molecular weight is 577 g/mol. The van der Waals surface area contributed by atoms with Gasteiger partial charge in [-0.05, 0) is 43.7 Å². The molecule has 3 heterocycles. The molecule has 1 unspecified atom stereocenters. The lowest BCUT2D eigenvalue weighted by Gasteiger charge is -2.45. The zero-order chi connectivity index (χ0) is 28.9. The van der Waals surface area contributed by atoms with Gasteiger partial charge in [-0.25, -0.2) is 9.18 Å². The summed E-state index contributed by atoms with van der Waals surface area (Å²) in [6, 6.07) is 4.84. The number of carbonyl (C=O) groups excluding carboxylic acids is 1. The second-order valence-corrected chi connectivity index (χ2v) is 11.1. The van der Waals surface area contributed by atoms with E-state index in [9.17, 15) is 27.2 Å². The summed E-state index contributed by atoms with van der Waals surface area (Å²) in [5, 5.41) is 0.184. The summed E-state index contributed by atoms with van der Waals surface area (Å²) in [5.74, 6) is -0.383. The third-order valence-corrected chi connectivity index (χ3v) is 8.61. The monoisotopic (exact) mass is 576 g/mol. The van der Waals surface area contributed by atoms with E-state index in [1.807, 2.05) is 13.8 Å². The lowest BCUT2D eigenvalue weighted by molar-refractivity contribution is -0.137. The summed E-state index contributed by atoms with van der Waals surface area (Å²) in [5.41, 5.74) is -1.06. The van der Waals surface area contributed by atoms with Crippen LogP contribution in [0.3, 0.4) is 0 Å². The van der Waals surface area contributed by atoms with Gasteiger partial charge >= 0.3 is 11.9 Å². The van der Waals surface area contributed by atoms with Crippen molar-refractivity contribution < 1.29 is 27.1 Å². The molecule has 0 spiro atoms. The standard InChI is InChI=1S/C28H28F4N4O3S/c1-5-22(37)35-15(2)11-34(12-16(35)3)26-20-10-21(28(30,31)32)23(17-6-8-18(29)9-7-17)25-24(20)36(27(38)33-26)19(13-39-4)14-40-25/h5-10,15-16,19H,1,11-14H2,2-4H3/t15-,16+,19?. The van der Waals surface area contributed by atoms with E-state index in [1.54, 1.807) is 9.80 Å². The van der Waals surface area contributed by atoms with Gasteiger partial charge in [-0.1, -0.05) is 18.7 Å². The third kappa shape index (κ3) is 4.77. The maximum Gasteiger partial charge on any atom is 0.417 e. The Hall–Kier alpha value is -3.38. The maximum atomic E-state index is 14.7. The summed E-state index contributed by atoms with van der Waals surface area (Å²) in [6.45, 7) is 7.93. The number of benzene rings is 2. The fraction of sp³-hybridized carbons (Fsp3) is 0.393. The fourth-order valence-electron chi connectivity index (χ4n) is 5.81. The van der Waals surface area contributed by atoms with Crippen molar-refractivity contribution in [2.75, 3.05) is 37.5 Å². The van der Waals surface area contributed by atoms with Crippen LogP contribution in [0.4, 0.5) is 23.4 Å². The Bertz CT molecular complexity index is 1530. The number of hydrogen-bond acceptors (Lipinski definition) is 6. The Kier molecular flexibility index (Phi) is 7.43. The van der Waals surface area contributed by atoms with Crippen molar-refractivity contribution >= 4 is 34.4 Å². The molecule has 1 aromatic heterocycles. The molecule has 12 heteroatoms. The molecular formula is C28H28F4N4O3S. The highest BCUT2D eigenvalue weighted by Crippen LogP contribution is 2.49. The predicted molar refractivity (Wildman–Crippen MR) is 146 cm³/mol. The highest BCUT2D eigenvalue weighted by molar-refractivity contribution is 7.99. The normalized spacial score (nSPS) is 21.1. The number of halogens is 4. The Morgan fingerprint density at radius 1 is 1.20 bits per heavy atom. The molecule has 0 N–H and O–H groups in total. The largest absolute Gasteiger partial charge is 0.417 e. The second kappa shape index (κ2) is 10.5. The van der Waals surface area contributed by atoms with Crippen LogP contribution >= 0.6 is 11.8 Å². The van der Waals surface area contributed by atoms with Crippen molar-refractivity contribution in [3.63, 3.8) is 0 Å². The van der Waals surface area contributed by atoms with Gasteiger partial charge in [0.1, 0.15) is 11.6 Å². The Morgan fingerprint density at radius 3 is 2.42 bits per heavy atom. The van der Waals surface area contributed by atoms with Gasteiger partial charge in [0.2, 0.25) is 5.91 Å². The summed E-state index contributed by atoms with van der Waals surface area (Å²) in [6.07, 6.45) is -3.51. The zero-order valence-electron chi connectivity index (χ0n) is 22.2. The summed E-state index contributed by atoms with van der Waals surface area (Å²) >= 11 is 1.21. The average Bonchev–Trinajstić information content (AvgIpc) is 2.90. The minimum Gasteiger partial charge on any atom is -0.383 e. The van der Waals surface area contributed by atoms with Crippen LogP contribution in [0.2, 0.25) is 0 Å². The van der Waals surface area contributed by atoms with E-state index in [0.717, 1.165) is 18.2 Å². The molecule has 212 valence electrons. The first-order valence-corrected chi connectivity index (χ1v) is 13.7.